The van der Waals surface area contributed by atoms with Crippen molar-refractivity contribution < 1.29 is 5.11 Å². The van der Waals surface area contributed by atoms with Crippen molar-refractivity contribution in [2.45, 2.75) is 6.61 Å². The highest BCUT2D eigenvalue weighted by Crippen LogP contribution is 2.26. The molecule has 13 heavy (non-hydrogen) atoms. The summed E-state index contributed by atoms with van der Waals surface area (Å²) in [6.07, 6.45) is 1.74. The van der Waals surface area contributed by atoms with Gasteiger partial charge in [0.05, 0.1) is 6.61 Å². The quantitative estimate of drug-likeness (QED) is 0.853. The van der Waals surface area contributed by atoms with Crippen LogP contribution in [0.25, 0.3) is 6.08 Å². The molecule has 0 bridgehead atoms. The minimum atomic E-state index is 0.0233. The molecule has 0 unspecified atom stereocenters. The zero-order valence-electron chi connectivity index (χ0n) is 7.47. The lowest BCUT2D eigenvalue weighted by molar-refractivity contribution is 0.281. The summed E-state index contributed by atoms with van der Waals surface area (Å²) in [5, 5.41) is 12.1. The van der Waals surface area contributed by atoms with E-state index in [0.717, 1.165) is 21.3 Å². The van der Waals surface area contributed by atoms with Crippen molar-refractivity contribution in [3.63, 3.8) is 0 Å². The van der Waals surface area contributed by atoms with Gasteiger partial charge in [0.1, 0.15) is 0 Å². The van der Waals surface area contributed by atoms with E-state index < -0.39 is 0 Å². The highest BCUT2D eigenvalue weighted by atomic mass is 79.9. The van der Waals surface area contributed by atoms with Crippen LogP contribution in [0.3, 0.4) is 0 Å². The predicted octanol–water partition coefficient (Wildman–Crippen LogP) is 2.63. The molecule has 2 N–H and O–H groups in total. The topological polar surface area (TPSA) is 32.3 Å². The molecule has 0 saturated carbocycles. The van der Waals surface area contributed by atoms with Gasteiger partial charge in [0, 0.05) is 22.8 Å². The molecule has 0 spiro atoms. The van der Waals surface area contributed by atoms with E-state index in [2.05, 4.69) is 27.8 Å². The summed E-state index contributed by atoms with van der Waals surface area (Å²) >= 11 is 3.37. The number of nitrogens with one attached hydrogen (secondary N) is 1. The van der Waals surface area contributed by atoms with Crippen LogP contribution >= 0.6 is 15.9 Å². The summed E-state index contributed by atoms with van der Waals surface area (Å²) in [4.78, 5) is 0. The van der Waals surface area contributed by atoms with Crippen molar-refractivity contribution in [2.24, 2.45) is 0 Å². The van der Waals surface area contributed by atoms with Crippen molar-refractivity contribution in [3.8, 4) is 0 Å². The van der Waals surface area contributed by atoms with Crippen LogP contribution in [0.1, 0.15) is 11.1 Å². The van der Waals surface area contributed by atoms with E-state index in [1.54, 1.807) is 6.08 Å². The minimum absolute atomic E-state index is 0.0233. The normalized spacial score (nSPS) is 9.77. The lowest BCUT2D eigenvalue weighted by Gasteiger charge is -2.10. The highest BCUT2D eigenvalue weighted by molar-refractivity contribution is 9.10. The van der Waals surface area contributed by atoms with E-state index in [1.807, 2.05) is 19.2 Å². The molecule has 0 atom stereocenters. The summed E-state index contributed by atoms with van der Waals surface area (Å²) in [6.45, 7) is 3.73. The number of aliphatic hydroxyl groups is 1. The first-order chi connectivity index (χ1) is 6.22. The van der Waals surface area contributed by atoms with E-state index in [4.69, 9.17) is 5.11 Å². The van der Waals surface area contributed by atoms with Gasteiger partial charge in [-0.1, -0.05) is 28.6 Å². The maximum Gasteiger partial charge on any atom is 0.0688 e. The summed E-state index contributed by atoms with van der Waals surface area (Å²) < 4.78 is 0.950. The monoisotopic (exact) mass is 241 g/mol. The molecular formula is C10H12BrNO. The second-order valence-corrected chi connectivity index (χ2v) is 3.55. The van der Waals surface area contributed by atoms with Gasteiger partial charge in [-0.3, -0.25) is 0 Å². The zero-order chi connectivity index (χ0) is 9.84. The van der Waals surface area contributed by atoms with E-state index in [0.29, 0.717) is 0 Å². The Morgan fingerprint density at radius 2 is 2.31 bits per heavy atom. The molecule has 1 aromatic rings. The SMILES string of the molecule is C=Cc1c(CO)cc(Br)cc1NC. The number of halogens is 1. The fourth-order valence-electron chi connectivity index (χ4n) is 1.25. The molecule has 70 valence electrons. The first-order valence-electron chi connectivity index (χ1n) is 3.96. The molecule has 1 rings (SSSR count). The Kier molecular flexibility index (Phi) is 3.51. The summed E-state index contributed by atoms with van der Waals surface area (Å²) in [5.41, 5.74) is 2.79. The molecule has 0 fully saturated rings. The maximum atomic E-state index is 9.10. The van der Waals surface area contributed by atoms with Crippen LogP contribution in [0.5, 0.6) is 0 Å². The van der Waals surface area contributed by atoms with E-state index in [9.17, 15) is 0 Å². The van der Waals surface area contributed by atoms with Crippen LogP contribution in [0.2, 0.25) is 0 Å². The van der Waals surface area contributed by atoms with Crippen LogP contribution in [-0.4, -0.2) is 12.2 Å². The van der Waals surface area contributed by atoms with Crippen LogP contribution in [-0.2, 0) is 6.61 Å². The molecule has 0 amide bonds. The van der Waals surface area contributed by atoms with Gasteiger partial charge in [-0.2, -0.15) is 0 Å². The Labute approximate surface area is 86.4 Å². The van der Waals surface area contributed by atoms with Gasteiger partial charge in [-0.05, 0) is 17.7 Å². The number of aliphatic hydroxyl groups excluding tert-OH is 1. The molecular weight excluding hydrogens is 230 g/mol. The molecule has 0 aliphatic heterocycles. The van der Waals surface area contributed by atoms with Crippen LogP contribution in [0.4, 0.5) is 5.69 Å². The highest BCUT2D eigenvalue weighted by Gasteiger charge is 2.05. The summed E-state index contributed by atoms with van der Waals surface area (Å²) in [6, 6.07) is 3.84. The molecule has 0 aliphatic carbocycles. The second-order valence-electron chi connectivity index (χ2n) is 2.64. The second kappa shape index (κ2) is 4.44. The number of anilines is 1. The van der Waals surface area contributed by atoms with E-state index in [1.165, 1.54) is 0 Å². The molecule has 0 aromatic heterocycles. The smallest absolute Gasteiger partial charge is 0.0688 e. The fraction of sp³-hybridized carbons (Fsp3) is 0.200. The molecule has 3 heteroatoms. The third kappa shape index (κ3) is 2.11. The molecule has 0 aliphatic rings. The number of benzene rings is 1. The van der Waals surface area contributed by atoms with Crippen molar-refractivity contribution in [2.75, 3.05) is 12.4 Å². The third-order valence-corrected chi connectivity index (χ3v) is 2.33. The Balaban J connectivity index is 3.33. The van der Waals surface area contributed by atoms with Crippen molar-refractivity contribution in [1.29, 1.82) is 0 Å². The van der Waals surface area contributed by atoms with Gasteiger partial charge >= 0.3 is 0 Å². The summed E-state index contributed by atoms with van der Waals surface area (Å²) in [5.74, 6) is 0. The molecule has 1 aromatic carbocycles. The predicted molar refractivity (Wildman–Crippen MR) is 59.7 cm³/mol. The van der Waals surface area contributed by atoms with Gasteiger partial charge in [-0.15, -0.1) is 0 Å². The van der Waals surface area contributed by atoms with E-state index >= 15 is 0 Å². The zero-order valence-corrected chi connectivity index (χ0v) is 9.06. The maximum absolute atomic E-state index is 9.10. The van der Waals surface area contributed by atoms with Gasteiger partial charge < -0.3 is 10.4 Å². The number of hydrogen-bond acceptors (Lipinski definition) is 2. The summed E-state index contributed by atoms with van der Waals surface area (Å²) in [7, 11) is 1.84. The average Bonchev–Trinajstić information content (AvgIpc) is 2.16. The first kappa shape index (κ1) is 10.3. The molecule has 0 heterocycles. The van der Waals surface area contributed by atoms with Crippen LogP contribution < -0.4 is 5.32 Å². The Morgan fingerprint density at radius 1 is 1.62 bits per heavy atom. The number of hydrogen-bond donors (Lipinski definition) is 2. The van der Waals surface area contributed by atoms with Crippen LogP contribution in [0.15, 0.2) is 23.2 Å². The van der Waals surface area contributed by atoms with Gasteiger partial charge in [0.15, 0.2) is 0 Å². The van der Waals surface area contributed by atoms with Gasteiger partial charge in [-0.25, -0.2) is 0 Å². The molecule has 0 saturated heterocycles. The molecule has 2 nitrogen and oxygen atoms in total. The largest absolute Gasteiger partial charge is 0.392 e. The standard InChI is InChI=1S/C10H12BrNO/c1-3-9-7(6-13)4-8(11)5-10(9)12-2/h3-5,12-13H,1,6H2,2H3. The third-order valence-electron chi connectivity index (χ3n) is 1.87. The Bertz CT molecular complexity index is 298. The van der Waals surface area contributed by atoms with Crippen LogP contribution in [0, 0.1) is 0 Å². The lowest BCUT2D eigenvalue weighted by Crippen LogP contribution is -1.96. The van der Waals surface area contributed by atoms with Gasteiger partial charge in [0.25, 0.3) is 0 Å². The van der Waals surface area contributed by atoms with E-state index in [-0.39, 0.29) is 6.61 Å². The Hall–Kier alpha value is -0.800. The lowest BCUT2D eigenvalue weighted by atomic mass is 10.1. The van der Waals surface area contributed by atoms with Crippen molar-refractivity contribution in [3.05, 3.63) is 34.3 Å². The van der Waals surface area contributed by atoms with Gasteiger partial charge in [0.2, 0.25) is 0 Å². The van der Waals surface area contributed by atoms with Crippen molar-refractivity contribution >= 4 is 27.7 Å². The number of rotatable bonds is 3. The first-order valence-corrected chi connectivity index (χ1v) is 4.75. The fourth-order valence-corrected chi connectivity index (χ4v) is 1.76. The molecule has 0 radical (unpaired) electrons. The Morgan fingerprint density at radius 3 is 2.77 bits per heavy atom. The minimum Gasteiger partial charge on any atom is -0.392 e. The van der Waals surface area contributed by atoms with Crippen molar-refractivity contribution in [1.82, 2.24) is 0 Å². The average molecular weight is 242 g/mol.